The van der Waals surface area contributed by atoms with Crippen molar-refractivity contribution in [3.63, 3.8) is 0 Å². The Kier molecular flexibility index (Phi) is 4.40. The standard InChI is InChI=1S/C15H13BrF2O2/c1-8-3-15(13(9(2)19)7-14(8)18)20-12-5-10(16)4-11(17)6-12/h3-7,9,19H,1-2H3. The molecule has 2 aromatic carbocycles. The predicted molar refractivity (Wildman–Crippen MR) is 75.9 cm³/mol. The largest absolute Gasteiger partial charge is 0.457 e. The maximum Gasteiger partial charge on any atom is 0.133 e. The van der Waals surface area contributed by atoms with E-state index in [9.17, 15) is 13.9 Å². The number of hydrogen-bond donors (Lipinski definition) is 1. The molecule has 0 saturated heterocycles. The second-order valence-corrected chi connectivity index (χ2v) is 5.44. The van der Waals surface area contributed by atoms with E-state index in [2.05, 4.69) is 15.9 Å². The number of aliphatic hydroxyl groups is 1. The van der Waals surface area contributed by atoms with Gasteiger partial charge in [0.2, 0.25) is 0 Å². The normalized spacial score (nSPS) is 12.3. The van der Waals surface area contributed by atoms with Crippen LogP contribution in [-0.4, -0.2) is 5.11 Å². The molecule has 106 valence electrons. The van der Waals surface area contributed by atoms with Crippen LogP contribution < -0.4 is 4.74 Å². The molecule has 0 aliphatic rings. The van der Waals surface area contributed by atoms with E-state index in [4.69, 9.17) is 4.74 Å². The molecule has 0 saturated carbocycles. The lowest BCUT2D eigenvalue weighted by Crippen LogP contribution is -1.99. The van der Waals surface area contributed by atoms with Crippen LogP contribution in [0.2, 0.25) is 0 Å². The van der Waals surface area contributed by atoms with E-state index >= 15 is 0 Å². The molecule has 1 N–H and O–H groups in total. The Morgan fingerprint density at radius 3 is 2.45 bits per heavy atom. The summed E-state index contributed by atoms with van der Waals surface area (Å²) in [5.74, 6) is -0.304. The smallest absolute Gasteiger partial charge is 0.133 e. The Balaban J connectivity index is 2.44. The van der Waals surface area contributed by atoms with Gasteiger partial charge in [-0.2, -0.15) is 0 Å². The van der Waals surface area contributed by atoms with Crippen molar-refractivity contribution < 1.29 is 18.6 Å². The monoisotopic (exact) mass is 342 g/mol. The average Bonchev–Trinajstić information content (AvgIpc) is 2.31. The van der Waals surface area contributed by atoms with E-state index in [1.54, 1.807) is 13.0 Å². The van der Waals surface area contributed by atoms with Crippen LogP contribution in [0, 0.1) is 18.6 Å². The molecule has 0 aromatic heterocycles. The molecule has 0 spiro atoms. The summed E-state index contributed by atoms with van der Waals surface area (Å²) in [5, 5.41) is 9.68. The van der Waals surface area contributed by atoms with Crippen LogP contribution in [0.5, 0.6) is 11.5 Å². The average molecular weight is 343 g/mol. The topological polar surface area (TPSA) is 29.5 Å². The first-order valence-electron chi connectivity index (χ1n) is 5.99. The van der Waals surface area contributed by atoms with Gasteiger partial charge >= 0.3 is 0 Å². The molecular weight excluding hydrogens is 330 g/mol. The van der Waals surface area contributed by atoms with E-state index in [1.165, 1.54) is 31.2 Å². The van der Waals surface area contributed by atoms with Crippen LogP contribution >= 0.6 is 15.9 Å². The van der Waals surface area contributed by atoms with Crippen molar-refractivity contribution in [3.05, 3.63) is 57.6 Å². The van der Waals surface area contributed by atoms with Gasteiger partial charge in [-0.05, 0) is 43.7 Å². The zero-order chi connectivity index (χ0) is 14.9. The number of hydrogen-bond acceptors (Lipinski definition) is 2. The Morgan fingerprint density at radius 1 is 1.15 bits per heavy atom. The van der Waals surface area contributed by atoms with Gasteiger partial charge in [0.05, 0.1) is 6.10 Å². The summed E-state index contributed by atoms with van der Waals surface area (Å²) in [6.07, 6.45) is -0.892. The molecule has 0 amide bonds. The summed E-state index contributed by atoms with van der Waals surface area (Å²) >= 11 is 3.17. The molecular formula is C15H13BrF2O2. The minimum Gasteiger partial charge on any atom is -0.457 e. The van der Waals surface area contributed by atoms with Crippen LogP contribution in [0.15, 0.2) is 34.8 Å². The number of rotatable bonds is 3. The predicted octanol–water partition coefficient (Wildman–Crippen LogP) is 4.88. The molecule has 0 aliphatic heterocycles. The second-order valence-electron chi connectivity index (χ2n) is 4.52. The van der Waals surface area contributed by atoms with Crippen molar-refractivity contribution in [2.45, 2.75) is 20.0 Å². The highest BCUT2D eigenvalue weighted by atomic mass is 79.9. The first-order chi connectivity index (χ1) is 9.36. The molecule has 1 atom stereocenters. The van der Waals surface area contributed by atoms with Crippen LogP contribution in [-0.2, 0) is 0 Å². The molecule has 2 nitrogen and oxygen atoms in total. The lowest BCUT2D eigenvalue weighted by Gasteiger charge is -2.15. The molecule has 0 aliphatic carbocycles. The van der Waals surface area contributed by atoms with Crippen LogP contribution in [0.3, 0.4) is 0 Å². The fourth-order valence-electron chi connectivity index (χ4n) is 1.80. The number of aliphatic hydroxyl groups excluding tert-OH is 1. The Morgan fingerprint density at radius 2 is 1.85 bits per heavy atom. The maximum absolute atomic E-state index is 13.6. The number of halogens is 3. The molecule has 1 unspecified atom stereocenters. The number of aryl methyl sites for hydroxylation is 1. The molecule has 20 heavy (non-hydrogen) atoms. The van der Waals surface area contributed by atoms with E-state index < -0.39 is 17.7 Å². The molecule has 2 rings (SSSR count). The van der Waals surface area contributed by atoms with Crippen molar-refractivity contribution in [2.24, 2.45) is 0 Å². The summed E-state index contributed by atoms with van der Waals surface area (Å²) in [6.45, 7) is 3.11. The van der Waals surface area contributed by atoms with Crippen LogP contribution in [0.4, 0.5) is 8.78 Å². The number of ether oxygens (including phenoxy) is 1. The van der Waals surface area contributed by atoms with Gasteiger partial charge in [0.1, 0.15) is 23.1 Å². The third-order valence-electron chi connectivity index (χ3n) is 2.81. The summed E-state index contributed by atoms with van der Waals surface area (Å²) in [5.41, 5.74) is 0.702. The molecule has 0 radical (unpaired) electrons. The lowest BCUT2D eigenvalue weighted by molar-refractivity contribution is 0.195. The molecule has 0 bridgehead atoms. The van der Waals surface area contributed by atoms with Crippen molar-refractivity contribution >= 4 is 15.9 Å². The highest BCUT2D eigenvalue weighted by Gasteiger charge is 2.14. The zero-order valence-electron chi connectivity index (χ0n) is 11.0. The van der Waals surface area contributed by atoms with Gasteiger partial charge in [-0.1, -0.05) is 15.9 Å². The Labute approximate surface area is 124 Å². The van der Waals surface area contributed by atoms with E-state index in [0.717, 1.165) is 0 Å². The SMILES string of the molecule is Cc1cc(Oc2cc(F)cc(Br)c2)c(C(C)O)cc1F. The fraction of sp³-hybridized carbons (Fsp3) is 0.200. The third kappa shape index (κ3) is 3.35. The highest BCUT2D eigenvalue weighted by molar-refractivity contribution is 9.10. The van der Waals surface area contributed by atoms with Crippen molar-refractivity contribution in [2.75, 3.05) is 0 Å². The summed E-state index contributed by atoms with van der Waals surface area (Å²) < 4.78 is 33.0. The van der Waals surface area contributed by atoms with Gasteiger partial charge in [0.15, 0.2) is 0 Å². The van der Waals surface area contributed by atoms with Crippen LogP contribution in [0.25, 0.3) is 0 Å². The minimum absolute atomic E-state index is 0.268. The van der Waals surface area contributed by atoms with E-state index in [1.807, 2.05) is 0 Å². The second kappa shape index (κ2) is 5.89. The van der Waals surface area contributed by atoms with Gasteiger partial charge in [0, 0.05) is 16.1 Å². The van der Waals surface area contributed by atoms with Gasteiger partial charge in [-0.15, -0.1) is 0 Å². The quantitative estimate of drug-likeness (QED) is 0.861. The number of benzene rings is 2. The van der Waals surface area contributed by atoms with Gasteiger partial charge < -0.3 is 9.84 Å². The fourth-order valence-corrected chi connectivity index (χ4v) is 2.24. The van der Waals surface area contributed by atoms with E-state index in [-0.39, 0.29) is 5.75 Å². The van der Waals surface area contributed by atoms with Gasteiger partial charge in [0.25, 0.3) is 0 Å². The Bertz CT molecular complexity index is 622. The maximum atomic E-state index is 13.6. The van der Waals surface area contributed by atoms with Crippen molar-refractivity contribution in [1.29, 1.82) is 0 Å². The zero-order valence-corrected chi connectivity index (χ0v) is 12.5. The first-order valence-corrected chi connectivity index (χ1v) is 6.78. The lowest BCUT2D eigenvalue weighted by atomic mass is 10.1. The molecule has 5 heteroatoms. The highest BCUT2D eigenvalue weighted by Crippen LogP contribution is 2.33. The van der Waals surface area contributed by atoms with E-state index in [0.29, 0.717) is 21.3 Å². The summed E-state index contributed by atoms with van der Waals surface area (Å²) in [7, 11) is 0. The van der Waals surface area contributed by atoms with Crippen molar-refractivity contribution in [1.82, 2.24) is 0 Å². The summed E-state index contributed by atoms with van der Waals surface area (Å²) in [6, 6.07) is 6.82. The molecule has 2 aromatic rings. The molecule has 0 fully saturated rings. The first kappa shape index (κ1) is 14.9. The van der Waals surface area contributed by atoms with Crippen molar-refractivity contribution in [3.8, 4) is 11.5 Å². The Hall–Kier alpha value is -1.46. The summed E-state index contributed by atoms with van der Waals surface area (Å²) in [4.78, 5) is 0. The molecule has 0 heterocycles. The van der Waals surface area contributed by atoms with Gasteiger partial charge in [-0.3, -0.25) is 0 Å². The van der Waals surface area contributed by atoms with Gasteiger partial charge in [-0.25, -0.2) is 8.78 Å². The third-order valence-corrected chi connectivity index (χ3v) is 3.26. The van der Waals surface area contributed by atoms with Crippen LogP contribution in [0.1, 0.15) is 24.2 Å². The minimum atomic E-state index is -0.892.